The molecule has 33 nitrogen and oxygen atoms in total. The van der Waals surface area contributed by atoms with E-state index in [-0.39, 0.29) is 18.2 Å². The third kappa shape index (κ3) is 8.53. The lowest BCUT2D eigenvalue weighted by atomic mass is 9.72. The molecular weight excluding hydrogens is 1100 g/mol. The second-order valence-electron chi connectivity index (χ2n) is 17.8. The van der Waals surface area contributed by atoms with Gasteiger partial charge in [0.2, 0.25) is 52.7 Å². The van der Waals surface area contributed by atoms with Crippen molar-refractivity contribution in [1.82, 2.24) is 0 Å². The summed E-state index contributed by atoms with van der Waals surface area (Å²) in [5, 5.41) is 204. The summed E-state index contributed by atoms with van der Waals surface area (Å²) >= 11 is 0. The molecule has 9 rings (SSSR count). The summed E-state index contributed by atoms with van der Waals surface area (Å²) in [6.07, 6.45) is -13.6. The Labute approximate surface area is 444 Å². The second-order valence-corrected chi connectivity index (χ2v) is 17.8. The molecule has 19 N–H and O–H groups in total. The first kappa shape index (κ1) is 54.9. The Morgan fingerprint density at radius 2 is 1.04 bits per heavy atom. The van der Waals surface area contributed by atoms with Crippen molar-refractivity contribution >= 4 is 41.6 Å². The van der Waals surface area contributed by atoms with Crippen LogP contribution >= 0.6 is 0 Å². The molecule has 4 aliphatic rings. The highest BCUT2D eigenvalue weighted by molar-refractivity contribution is 6.10. The number of carboxylic acid groups (broad SMARTS) is 1. The van der Waals surface area contributed by atoms with Gasteiger partial charge in [-0.25, -0.2) is 28.8 Å². The van der Waals surface area contributed by atoms with E-state index in [1.54, 1.807) is 0 Å². The van der Waals surface area contributed by atoms with Gasteiger partial charge < -0.3 is 130 Å². The van der Waals surface area contributed by atoms with Crippen molar-refractivity contribution in [3.05, 3.63) is 81.4 Å². The van der Waals surface area contributed by atoms with Gasteiger partial charge in [0.25, 0.3) is 5.79 Å². The Kier molecular flexibility index (Phi) is 12.8. The topological polar surface area (TPSA) is 568 Å². The van der Waals surface area contributed by atoms with Crippen LogP contribution in [-0.2, 0) is 38.0 Å². The highest BCUT2D eigenvalue weighted by atomic mass is 16.7. The molecule has 0 aromatic heterocycles. The lowest BCUT2D eigenvalue weighted by molar-refractivity contribution is -0.343. The fourth-order valence-corrected chi connectivity index (χ4v) is 8.97. The van der Waals surface area contributed by atoms with Crippen LogP contribution in [0.3, 0.4) is 0 Å². The average Bonchev–Trinajstić information content (AvgIpc) is 2.49. The lowest BCUT2D eigenvalue weighted by Crippen LogP contribution is -2.65. The maximum Gasteiger partial charge on any atom is 0.340 e. The number of rotatable bonds is 5. The first-order valence-corrected chi connectivity index (χ1v) is 22.2. The van der Waals surface area contributed by atoms with E-state index in [1.165, 1.54) is 0 Å². The number of fused-ring (bicyclic) bond motifs is 6. The monoisotopic (exact) mass is 1140 g/mol. The molecule has 1 saturated heterocycles. The highest BCUT2D eigenvalue weighted by Crippen LogP contribution is 2.57. The van der Waals surface area contributed by atoms with Crippen molar-refractivity contribution in [3.63, 3.8) is 0 Å². The second kappa shape index (κ2) is 18.9. The van der Waals surface area contributed by atoms with Crippen LogP contribution in [0.4, 0.5) is 0 Å². The number of ketones is 1. The number of benzene rings is 5. The molecule has 1 aliphatic carbocycles. The fraction of sp³-hybridized carbons (Fsp3) is 0.188. The summed E-state index contributed by atoms with van der Waals surface area (Å²) in [4.78, 5) is 98.2. The van der Waals surface area contributed by atoms with Gasteiger partial charge in [0.15, 0.2) is 75.5 Å². The number of cyclic esters (lactones) is 1. The number of aliphatic hydroxyl groups is 4. The molecule has 3 aliphatic heterocycles. The van der Waals surface area contributed by atoms with Crippen LogP contribution in [0.15, 0.2) is 48.0 Å². The number of hydrogen-bond donors (Lipinski definition) is 19. The molecule has 0 saturated carbocycles. The number of esters is 5. The number of aromatic hydroxyl groups is 14. The summed E-state index contributed by atoms with van der Waals surface area (Å²) in [7, 11) is 0. The molecule has 6 unspecified atom stereocenters. The quantitative estimate of drug-likeness (QED) is 0.0439. The maximum absolute atomic E-state index is 14.9. The number of hydrogen-bond acceptors (Lipinski definition) is 32. The number of carboxylic acids is 1. The number of carbonyl (C=O) groups is 7. The first-order valence-electron chi connectivity index (χ1n) is 22.2. The number of phenolic OH excluding ortho intramolecular Hbond substituents is 14. The van der Waals surface area contributed by atoms with Gasteiger partial charge in [-0.3, -0.25) is 4.79 Å². The van der Waals surface area contributed by atoms with Crippen LogP contribution in [0.5, 0.6) is 92.0 Å². The largest absolute Gasteiger partial charge is 0.504 e. The van der Waals surface area contributed by atoms with E-state index in [0.29, 0.717) is 24.3 Å². The molecular formula is C48H34O33. The third-order valence-electron chi connectivity index (χ3n) is 13.0. The molecule has 424 valence electrons. The Morgan fingerprint density at radius 3 is 1.65 bits per heavy atom. The predicted molar refractivity (Wildman–Crippen MR) is 244 cm³/mol. The standard InChI is InChI=1S/C48H34O33/c49-15-1-9(2-16(50)27(15)55)41(66)81-46-39-38-37(78-45(70)13-7-22(54)47(71,72)48(73,74)26(13)25-11(44(69)80-39)4-18(52)29(57)34(25)62)21(77-46)8-75-42(67)12-6-20(76-36-14(40(64)65)5-19(53)30(58)35(36)63)31(59)33(61)24(12)23-10(43(68)79-38)3-17(51)28(56)32(23)60/h1-7,21,26,37-39,46,49-53,55-63,71-74H,8H2,(H,64,65). The van der Waals surface area contributed by atoms with E-state index in [1.807, 2.05) is 0 Å². The minimum absolute atomic E-state index is 0.0535. The van der Waals surface area contributed by atoms with Crippen molar-refractivity contribution in [1.29, 1.82) is 0 Å². The van der Waals surface area contributed by atoms with Gasteiger partial charge in [0.1, 0.15) is 18.3 Å². The summed E-state index contributed by atoms with van der Waals surface area (Å²) in [5.74, 6) is -49.4. The molecule has 4 bridgehead atoms. The van der Waals surface area contributed by atoms with Crippen LogP contribution in [0.1, 0.15) is 63.3 Å². The number of aromatic carboxylic acids is 1. The van der Waals surface area contributed by atoms with Crippen molar-refractivity contribution in [2.75, 3.05) is 6.61 Å². The lowest BCUT2D eigenvalue weighted by Gasteiger charge is -2.44. The maximum atomic E-state index is 14.9. The zero-order valence-corrected chi connectivity index (χ0v) is 39.4. The van der Waals surface area contributed by atoms with Gasteiger partial charge in [-0.15, -0.1) is 0 Å². The first-order chi connectivity index (χ1) is 37.8. The summed E-state index contributed by atoms with van der Waals surface area (Å²) in [6.45, 7) is -1.54. The van der Waals surface area contributed by atoms with Crippen molar-refractivity contribution in [3.8, 4) is 103 Å². The molecule has 3 heterocycles. The molecule has 6 atom stereocenters. The Balaban J connectivity index is 1.30. The van der Waals surface area contributed by atoms with E-state index in [9.17, 15) is 131 Å². The zero-order chi connectivity index (χ0) is 59.5. The van der Waals surface area contributed by atoms with Crippen molar-refractivity contribution in [2.24, 2.45) is 0 Å². The van der Waals surface area contributed by atoms with E-state index >= 15 is 0 Å². The minimum Gasteiger partial charge on any atom is -0.504 e. The fourth-order valence-electron chi connectivity index (χ4n) is 8.97. The van der Waals surface area contributed by atoms with Crippen LogP contribution in [0.25, 0.3) is 11.1 Å². The molecule has 0 radical (unpaired) electrons. The van der Waals surface area contributed by atoms with E-state index in [0.717, 1.165) is 0 Å². The van der Waals surface area contributed by atoms with Gasteiger partial charge in [-0.1, -0.05) is 0 Å². The SMILES string of the molecule is O=C1OC2C3COC(=O)c4cc(Oc5c(C(=O)O)cc(O)c(O)c5O)c(O)c(O)c4-c4c(cc(O)c(O)c4O)C(=O)OC2C(OC(=O)c2cc(O)c(O)c(O)c2C2C1=CC(=O)C(O)(O)C2(O)O)C(OC(=O)c1cc(O)c(O)c(O)c1)O3. The van der Waals surface area contributed by atoms with Gasteiger partial charge in [0.05, 0.1) is 33.7 Å². The van der Waals surface area contributed by atoms with Crippen molar-refractivity contribution in [2.45, 2.75) is 48.2 Å². The molecule has 33 heteroatoms. The summed E-state index contributed by atoms with van der Waals surface area (Å²) < 4.78 is 39.0. The van der Waals surface area contributed by atoms with Gasteiger partial charge in [-0.2, -0.15) is 0 Å². The van der Waals surface area contributed by atoms with E-state index < -0.39 is 238 Å². The molecule has 0 spiro atoms. The van der Waals surface area contributed by atoms with Crippen molar-refractivity contribution < 1.29 is 164 Å². The molecule has 5 aromatic carbocycles. The molecule has 1 fully saturated rings. The number of carbonyl (C=O) groups excluding carboxylic acids is 6. The normalized spacial score (nSPS) is 21.9. The van der Waals surface area contributed by atoms with E-state index in [4.69, 9.17) is 33.2 Å². The highest BCUT2D eigenvalue weighted by Gasteiger charge is 2.65. The molecule has 81 heavy (non-hydrogen) atoms. The van der Waals surface area contributed by atoms with E-state index in [2.05, 4.69) is 0 Å². The van der Waals surface area contributed by atoms with Gasteiger partial charge in [0, 0.05) is 28.8 Å². The molecule has 5 aromatic rings. The molecule has 0 amide bonds. The minimum atomic E-state index is -4.52. The number of ether oxygens (including phenoxy) is 7. The Bertz CT molecular complexity index is 3680. The number of phenols is 14. The van der Waals surface area contributed by atoms with Crippen LogP contribution < -0.4 is 4.74 Å². The van der Waals surface area contributed by atoms with Crippen LogP contribution in [-0.4, -0.2) is 188 Å². The Hall–Kier alpha value is -10.9. The zero-order valence-electron chi connectivity index (χ0n) is 39.4. The third-order valence-corrected chi connectivity index (χ3v) is 13.0. The average molecular weight is 1140 g/mol. The van der Waals surface area contributed by atoms with Gasteiger partial charge >= 0.3 is 35.8 Å². The van der Waals surface area contributed by atoms with Crippen LogP contribution in [0.2, 0.25) is 0 Å². The van der Waals surface area contributed by atoms with Crippen LogP contribution in [0, 0.1) is 0 Å². The predicted octanol–water partition coefficient (Wildman–Crippen LogP) is -0.894. The smallest absolute Gasteiger partial charge is 0.340 e. The Morgan fingerprint density at radius 1 is 0.531 bits per heavy atom. The van der Waals surface area contributed by atoms with Gasteiger partial charge in [-0.05, 0) is 30.3 Å². The summed E-state index contributed by atoms with van der Waals surface area (Å²) in [6, 6.07) is 2.01. The summed E-state index contributed by atoms with van der Waals surface area (Å²) in [5.41, 5.74) is -11.8.